The molecule has 1 heterocycles. The number of nitrogens with one attached hydrogen (secondary N) is 1. The van der Waals surface area contributed by atoms with Crippen LogP contribution in [0.5, 0.6) is 0 Å². The van der Waals surface area contributed by atoms with E-state index in [1.54, 1.807) is 0 Å². The quantitative estimate of drug-likeness (QED) is 0.810. The van der Waals surface area contributed by atoms with Crippen LogP contribution in [-0.2, 0) is 0 Å². The molecule has 2 heteroatoms. The fourth-order valence-corrected chi connectivity index (χ4v) is 3.89. The molecule has 1 aliphatic carbocycles. The van der Waals surface area contributed by atoms with E-state index in [1.165, 1.54) is 64.5 Å². The average molecular weight is 238 g/mol. The van der Waals surface area contributed by atoms with Gasteiger partial charge in [0.1, 0.15) is 0 Å². The third-order valence-electron chi connectivity index (χ3n) is 4.85. The fourth-order valence-electron chi connectivity index (χ4n) is 3.89. The summed E-state index contributed by atoms with van der Waals surface area (Å²) in [5, 5.41) is 3.57. The topological polar surface area (TPSA) is 15.3 Å². The van der Waals surface area contributed by atoms with Gasteiger partial charge >= 0.3 is 0 Å². The first-order chi connectivity index (χ1) is 8.35. The number of likely N-dealkylation sites (tertiary alicyclic amines) is 1. The van der Waals surface area contributed by atoms with E-state index in [4.69, 9.17) is 0 Å². The maximum absolute atomic E-state index is 3.57. The van der Waals surface area contributed by atoms with Crippen molar-refractivity contribution in [3.63, 3.8) is 0 Å². The molecule has 17 heavy (non-hydrogen) atoms. The summed E-state index contributed by atoms with van der Waals surface area (Å²) < 4.78 is 0. The van der Waals surface area contributed by atoms with Crippen LogP contribution in [0.4, 0.5) is 0 Å². The van der Waals surface area contributed by atoms with Crippen molar-refractivity contribution < 1.29 is 0 Å². The van der Waals surface area contributed by atoms with Crippen LogP contribution >= 0.6 is 0 Å². The Balaban J connectivity index is 1.93. The molecule has 0 aromatic carbocycles. The van der Waals surface area contributed by atoms with E-state index in [1.807, 2.05) is 0 Å². The summed E-state index contributed by atoms with van der Waals surface area (Å²) in [7, 11) is 2.15. The molecule has 0 amide bonds. The van der Waals surface area contributed by atoms with E-state index >= 15 is 0 Å². The molecule has 2 aliphatic rings. The van der Waals surface area contributed by atoms with E-state index < -0.39 is 0 Å². The first-order valence-electron chi connectivity index (χ1n) is 7.76. The van der Waals surface area contributed by atoms with E-state index in [0.717, 1.165) is 18.0 Å². The zero-order valence-corrected chi connectivity index (χ0v) is 11.8. The maximum atomic E-state index is 3.57. The number of hydrogen-bond donors (Lipinski definition) is 1. The van der Waals surface area contributed by atoms with Gasteiger partial charge < -0.3 is 5.32 Å². The summed E-state index contributed by atoms with van der Waals surface area (Å²) in [5.74, 6) is 0.997. The average Bonchev–Trinajstić information content (AvgIpc) is 2.40. The van der Waals surface area contributed by atoms with E-state index in [-0.39, 0.29) is 0 Å². The third-order valence-corrected chi connectivity index (χ3v) is 4.85. The van der Waals surface area contributed by atoms with Gasteiger partial charge in [-0.1, -0.05) is 26.2 Å². The van der Waals surface area contributed by atoms with Gasteiger partial charge in [0.15, 0.2) is 0 Å². The number of nitrogens with zero attached hydrogens (tertiary/aromatic N) is 1. The zero-order chi connectivity index (χ0) is 12.1. The van der Waals surface area contributed by atoms with Gasteiger partial charge in [0, 0.05) is 12.1 Å². The summed E-state index contributed by atoms with van der Waals surface area (Å²) in [5.41, 5.74) is 0. The molecule has 1 saturated carbocycles. The van der Waals surface area contributed by atoms with Crippen molar-refractivity contribution in [1.82, 2.24) is 10.2 Å². The zero-order valence-electron chi connectivity index (χ0n) is 11.8. The van der Waals surface area contributed by atoms with Gasteiger partial charge in [-0.25, -0.2) is 0 Å². The highest BCUT2D eigenvalue weighted by molar-refractivity contribution is 4.91. The van der Waals surface area contributed by atoms with Gasteiger partial charge in [0.05, 0.1) is 0 Å². The second kappa shape index (κ2) is 6.75. The number of hydrogen-bond acceptors (Lipinski definition) is 2. The molecule has 2 nitrogen and oxygen atoms in total. The second-order valence-electron chi connectivity index (χ2n) is 6.03. The summed E-state index contributed by atoms with van der Waals surface area (Å²) >= 11 is 0. The molecule has 0 bridgehead atoms. The molecular weight excluding hydrogens is 208 g/mol. The van der Waals surface area contributed by atoms with E-state index in [0.29, 0.717) is 0 Å². The Hall–Kier alpha value is -0.0800. The molecule has 1 N–H and O–H groups in total. The van der Waals surface area contributed by atoms with Crippen molar-refractivity contribution in [3.8, 4) is 0 Å². The Morgan fingerprint density at radius 2 is 1.88 bits per heavy atom. The molecule has 3 atom stereocenters. The SMILES string of the molecule is CCCC1CCC(NC)C(N2CCCCC2)C1. The van der Waals surface area contributed by atoms with Crippen LogP contribution in [0.15, 0.2) is 0 Å². The fraction of sp³-hybridized carbons (Fsp3) is 1.00. The molecule has 2 fully saturated rings. The van der Waals surface area contributed by atoms with Crippen molar-refractivity contribution in [2.75, 3.05) is 20.1 Å². The van der Waals surface area contributed by atoms with Crippen LogP contribution < -0.4 is 5.32 Å². The Bertz CT molecular complexity index is 211. The van der Waals surface area contributed by atoms with Crippen LogP contribution in [0.3, 0.4) is 0 Å². The molecule has 0 spiro atoms. The first-order valence-corrected chi connectivity index (χ1v) is 7.76. The lowest BCUT2D eigenvalue weighted by atomic mass is 9.79. The smallest absolute Gasteiger partial charge is 0.0251 e. The highest BCUT2D eigenvalue weighted by atomic mass is 15.2. The Labute approximate surface area is 107 Å². The number of piperidine rings is 1. The van der Waals surface area contributed by atoms with E-state index in [2.05, 4.69) is 24.2 Å². The summed E-state index contributed by atoms with van der Waals surface area (Å²) in [6.45, 7) is 5.03. The van der Waals surface area contributed by atoms with Gasteiger partial charge in [-0.2, -0.15) is 0 Å². The number of rotatable bonds is 4. The molecule has 1 saturated heterocycles. The third kappa shape index (κ3) is 3.45. The molecule has 1 aliphatic heterocycles. The maximum Gasteiger partial charge on any atom is 0.0251 e. The predicted molar refractivity (Wildman–Crippen MR) is 74.3 cm³/mol. The molecule has 100 valence electrons. The highest BCUT2D eigenvalue weighted by Crippen LogP contribution is 2.32. The van der Waals surface area contributed by atoms with Gasteiger partial charge in [0.25, 0.3) is 0 Å². The van der Waals surface area contributed by atoms with Crippen LogP contribution in [0.2, 0.25) is 0 Å². The highest BCUT2D eigenvalue weighted by Gasteiger charge is 2.33. The molecule has 0 radical (unpaired) electrons. The largest absolute Gasteiger partial charge is 0.315 e. The normalized spacial score (nSPS) is 36.0. The second-order valence-corrected chi connectivity index (χ2v) is 6.03. The van der Waals surface area contributed by atoms with Gasteiger partial charge in [0.2, 0.25) is 0 Å². The minimum atomic E-state index is 0.751. The minimum Gasteiger partial charge on any atom is -0.315 e. The Morgan fingerprint density at radius 3 is 2.53 bits per heavy atom. The van der Waals surface area contributed by atoms with E-state index in [9.17, 15) is 0 Å². The lowest BCUT2D eigenvalue weighted by Crippen LogP contribution is -2.53. The van der Waals surface area contributed by atoms with Crippen LogP contribution in [0, 0.1) is 5.92 Å². The lowest BCUT2D eigenvalue weighted by Gasteiger charge is -2.44. The summed E-state index contributed by atoms with van der Waals surface area (Å²) in [6.07, 6.45) is 11.4. The van der Waals surface area contributed by atoms with Crippen molar-refractivity contribution >= 4 is 0 Å². The molecule has 0 aromatic heterocycles. The van der Waals surface area contributed by atoms with Gasteiger partial charge in [-0.15, -0.1) is 0 Å². The van der Waals surface area contributed by atoms with Crippen LogP contribution in [-0.4, -0.2) is 37.1 Å². The first kappa shape index (κ1) is 13.4. The predicted octanol–water partition coefficient (Wildman–Crippen LogP) is 3.03. The standard InChI is InChI=1S/C15H30N2/c1-3-7-13-8-9-14(16-2)15(12-13)17-10-5-4-6-11-17/h13-16H,3-12H2,1-2H3. The molecule has 2 rings (SSSR count). The van der Waals surface area contributed by atoms with Gasteiger partial charge in [-0.05, 0) is 58.2 Å². The van der Waals surface area contributed by atoms with Crippen LogP contribution in [0.1, 0.15) is 58.3 Å². The van der Waals surface area contributed by atoms with Crippen molar-refractivity contribution in [1.29, 1.82) is 0 Å². The summed E-state index contributed by atoms with van der Waals surface area (Å²) in [4.78, 5) is 2.78. The minimum absolute atomic E-state index is 0.751. The van der Waals surface area contributed by atoms with Crippen molar-refractivity contribution in [2.24, 2.45) is 5.92 Å². The van der Waals surface area contributed by atoms with Gasteiger partial charge in [-0.3, -0.25) is 4.90 Å². The molecule has 3 unspecified atom stereocenters. The summed E-state index contributed by atoms with van der Waals surface area (Å²) in [6, 6.07) is 1.58. The van der Waals surface area contributed by atoms with Crippen molar-refractivity contribution in [3.05, 3.63) is 0 Å². The number of likely N-dealkylation sites (N-methyl/N-ethyl adjacent to an activating group) is 1. The Kier molecular flexibility index (Phi) is 5.30. The van der Waals surface area contributed by atoms with Crippen LogP contribution in [0.25, 0.3) is 0 Å². The molecule has 0 aromatic rings. The monoisotopic (exact) mass is 238 g/mol. The lowest BCUT2D eigenvalue weighted by molar-refractivity contribution is 0.0803. The Morgan fingerprint density at radius 1 is 1.12 bits per heavy atom. The van der Waals surface area contributed by atoms with Crippen molar-refractivity contribution in [2.45, 2.75) is 70.4 Å². The molecular formula is C15H30N2.